The third-order valence-electron chi connectivity index (χ3n) is 6.32. The van der Waals surface area contributed by atoms with Gasteiger partial charge in [0.15, 0.2) is 0 Å². The standard InChI is InChI=1S/C30H36FN3O4S/c1-22(2)19-32-30(36)28(18-24-13-6-5-7-14-24)33(20-25-15-9-10-16-26(25)31)29(35)21-34(39(4,37)38)27-17-11-8-12-23(27)3/h5-17,22,28H,18-21H2,1-4H3,(H,32,36)/t28-/m1/s1. The van der Waals surface area contributed by atoms with E-state index < -0.39 is 34.3 Å². The summed E-state index contributed by atoms with van der Waals surface area (Å²) in [6, 6.07) is 21.1. The van der Waals surface area contributed by atoms with Crippen molar-refractivity contribution in [2.75, 3.05) is 23.7 Å². The van der Waals surface area contributed by atoms with Gasteiger partial charge in [-0.1, -0.05) is 80.6 Å². The summed E-state index contributed by atoms with van der Waals surface area (Å²) in [6.07, 6.45) is 1.21. The molecule has 0 aliphatic carbocycles. The van der Waals surface area contributed by atoms with Crippen LogP contribution in [0.5, 0.6) is 0 Å². The van der Waals surface area contributed by atoms with Crippen LogP contribution in [0.3, 0.4) is 0 Å². The number of benzene rings is 3. The van der Waals surface area contributed by atoms with Crippen molar-refractivity contribution in [3.63, 3.8) is 0 Å². The van der Waals surface area contributed by atoms with Gasteiger partial charge >= 0.3 is 0 Å². The van der Waals surface area contributed by atoms with E-state index in [9.17, 15) is 22.4 Å². The molecular formula is C30H36FN3O4S. The molecule has 0 spiro atoms. The van der Waals surface area contributed by atoms with Gasteiger partial charge in [-0.05, 0) is 36.1 Å². The van der Waals surface area contributed by atoms with Gasteiger partial charge < -0.3 is 10.2 Å². The molecule has 3 aromatic carbocycles. The molecule has 1 N–H and O–H groups in total. The number of amides is 2. The van der Waals surface area contributed by atoms with Gasteiger partial charge in [0.2, 0.25) is 21.8 Å². The second kappa shape index (κ2) is 13.4. The normalized spacial score (nSPS) is 12.2. The Morgan fingerprint density at radius 2 is 1.54 bits per heavy atom. The number of hydrogen-bond acceptors (Lipinski definition) is 4. The van der Waals surface area contributed by atoms with Crippen LogP contribution in [-0.2, 0) is 32.6 Å². The first-order valence-corrected chi connectivity index (χ1v) is 14.7. The summed E-state index contributed by atoms with van der Waals surface area (Å²) in [6.45, 7) is 5.32. The second-order valence-electron chi connectivity index (χ2n) is 10.0. The zero-order valence-electron chi connectivity index (χ0n) is 22.8. The fourth-order valence-electron chi connectivity index (χ4n) is 4.22. The van der Waals surface area contributed by atoms with E-state index in [4.69, 9.17) is 0 Å². The van der Waals surface area contributed by atoms with Gasteiger partial charge in [0.1, 0.15) is 18.4 Å². The quantitative estimate of drug-likeness (QED) is 0.362. The summed E-state index contributed by atoms with van der Waals surface area (Å²) in [5.41, 5.74) is 2.07. The Labute approximate surface area is 230 Å². The van der Waals surface area contributed by atoms with E-state index in [1.807, 2.05) is 44.2 Å². The van der Waals surface area contributed by atoms with Gasteiger partial charge in [-0.15, -0.1) is 0 Å². The lowest BCUT2D eigenvalue weighted by Gasteiger charge is -2.34. The maximum Gasteiger partial charge on any atom is 0.244 e. The summed E-state index contributed by atoms with van der Waals surface area (Å²) in [5, 5.41) is 2.90. The molecule has 2 amide bonds. The molecule has 9 heteroatoms. The Bertz CT molecular complexity index is 1380. The van der Waals surface area contributed by atoms with E-state index in [1.165, 1.54) is 11.0 Å². The van der Waals surface area contributed by atoms with Crippen LogP contribution in [-0.4, -0.2) is 50.5 Å². The highest BCUT2D eigenvalue weighted by atomic mass is 32.2. The lowest BCUT2D eigenvalue weighted by molar-refractivity contribution is -0.140. The first-order chi connectivity index (χ1) is 18.5. The largest absolute Gasteiger partial charge is 0.354 e. The molecule has 0 radical (unpaired) electrons. The second-order valence-corrected chi connectivity index (χ2v) is 11.9. The summed E-state index contributed by atoms with van der Waals surface area (Å²) in [7, 11) is -3.87. The van der Waals surface area contributed by atoms with Crippen molar-refractivity contribution in [3.8, 4) is 0 Å². The molecule has 0 aliphatic heterocycles. The molecule has 208 valence electrons. The number of aryl methyl sites for hydroxylation is 1. The Balaban J connectivity index is 2.06. The zero-order valence-corrected chi connectivity index (χ0v) is 23.6. The van der Waals surface area contributed by atoms with Crippen molar-refractivity contribution < 1.29 is 22.4 Å². The monoisotopic (exact) mass is 553 g/mol. The highest BCUT2D eigenvalue weighted by Crippen LogP contribution is 2.24. The minimum absolute atomic E-state index is 0.170. The average molecular weight is 554 g/mol. The average Bonchev–Trinajstić information content (AvgIpc) is 2.89. The predicted molar refractivity (Wildman–Crippen MR) is 152 cm³/mol. The molecule has 0 aromatic heterocycles. The fraction of sp³-hybridized carbons (Fsp3) is 0.333. The minimum Gasteiger partial charge on any atom is -0.354 e. The van der Waals surface area contributed by atoms with Crippen molar-refractivity contribution in [3.05, 3.63) is 101 Å². The van der Waals surface area contributed by atoms with Gasteiger partial charge in [-0.2, -0.15) is 0 Å². The van der Waals surface area contributed by atoms with Gasteiger partial charge in [0.25, 0.3) is 0 Å². The van der Waals surface area contributed by atoms with Crippen LogP contribution in [0, 0.1) is 18.7 Å². The van der Waals surface area contributed by atoms with Crippen LogP contribution >= 0.6 is 0 Å². The van der Waals surface area contributed by atoms with E-state index in [2.05, 4.69) is 5.32 Å². The summed E-state index contributed by atoms with van der Waals surface area (Å²) < 4.78 is 41.5. The molecule has 3 aromatic rings. The number of carbonyl (C=O) groups is 2. The maximum atomic E-state index is 14.8. The molecule has 0 unspecified atom stereocenters. The lowest BCUT2D eigenvalue weighted by atomic mass is 10.0. The molecule has 0 bridgehead atoms. The van der Waals surface area contributed by atoms with E-state index in [-0.39, 0.29) is 30.4 Å². The van der Waals surface area contributed by atoms with Crippen LogP contribution in [0.1, 0.15) is 30.5 Å². The third kappa shape index (κ3) is 8.38. The van der Waals surface area contributed by atoms with Crippen molar-refractivity contribution in [2.45, 2.75) is 39.8 Å². The molecule has 39 heavy (non-hydrogen) atoms. The number of hydrogen-bond donors (Lipinski definition) is 1. The van der Waals surface area contributed by atoms with E-state index in [0.717, 1.165) is 16.1 Å². The number of carbonyl (C=O) groups excluding carboxylic acids is 2. The Kier molecular flexibility index (Phi) is 10.2. The Morgan fingerprint density at radius 3 is 2.15 bits per heavy atom. The number of nitrogens with one attached hydrogen (secondary N) is 1. The van der Waals surface area contributed by atoms with Crippen LogP contribution in [0.15, 0.2) is 78.9 Å². The van der Waals surface area contributed by atoms with E-state index in [1.54, 1.807) is 49.4 Å². The summed E-state index contributed by atoms with van der Waals surface area (Å²) in [5.74, 6) is -1.36. The van der Waals surface area contributed by atoms with Gasteiger partial charge in [-0.3, -0.25) is 13.9 Å². The van der Waals surface area contributed by atoms with Crippen molar-refractivity contribution >= 4 is 27.5 Å². The van der Waals surface area contributed by atoms with Crippen LogP contribution in [0.25, 0.3) is 0 Å². The molecule has 0 fully saturated rings. The first kappa shape index (κ1) is 29.8. The minimum atomic E-state index is -3.87. The molecule has 0 saturated carbocycles. The van der Waals surface area contributed by atoms with E-state index in [0.29, 0.717) is 17.8 Å². The Morgan fingerprint density at radius 1 is 0.923 bits per heavy atom. The lowest BCUT2D eigenvalue weighted by Crippen LogP contribution is -2.53. The van der Waals surface area contributed by atoms with Gasteiger partial charge in [0, 0.05) is 25.1 Å². The fourth-order valence-corrected chi connectivity index (χ4v) is 5.13. The maximum absolute atomic E-state index is 14.8. The van der Waals surface area contributed by atoms with Crippen molar-refractivity contribution in [1.29, 1.82) is 0 Å². The predicted octanol–water partition coefficient (Wildman–Crippen LogP) is 4.31. The number of nitrogens with zero attached hydrogens (tertiary/aromatic N) is 2. The van der Waals surface area contributed by atoms with Crippen LogP contribution in [0.2, 0.25) is 0 Å². The van der Waals surface area contributed by atoms with Crippen molar-refractivity contribution in [2.24, 2.45) is 5.92 Å². The van der Waals surface area contributed by atoms with Gasteiger partial charge in [-0.25, -0.2) is 12.8 Å². The topological polar surface area (TPSA) is 86.8 Å². The molecule has 0 heterocycles. The smallest absolute Gasteiger partial charge is 0.244 e. The SMILES string of the molecule is Cc1ccccc1N(CC(=O)N(Cc1ccccc1F)[C@H](Cc1ccccc1)C(=O)NCC(C)C)S(C)(=O)=O. The number of sulfonamides is 1. The summed E-state index contributed by atoms with van der Waals surface area (Å²) >= 11 is 0. The van der Waals surface area contributed by atoms with Crippen LogP contribution in [0.4, 0.5) is 10.1 Å². The first-order valence-electron chi connectivity index (χ1n) is 12.8. The number of para-hydroxylation sites is 1. The highest BCUT2D eigenvalue weighted by molar-refractivity contribution is 7.92. The van der Waals surface area contributed by atoms with Crippen LogP contribution < -0.4 is 9.62 Å². The zero-order chi connectivity index (χ0) is 28.6. The highest BCUT2D eigenvalue weighted by Gasteiger charge is 2.33. The number of anilines is 1. The molecular weight excluding hydrogens is 517 g/mol. The number of rotatable bonds is 12. The third-order valence-corrected chi connectivity index (χ3v) is 7.44. The van der Waals surface area contributed by atoms with Gasteiger partial charge in [0.05, 0.1) is 11.9 Å². The molecule has 7 nitrogen and oxygen atoms in total. The van der Waals surface area contributed by atoms with Crippen molar-refractivity contribution in [1.82, 2.24) is 10.2 Å². The summed E-state index contributed by atoms with van der Waals surface area (Å²) in [4.78, 5) is 28.8. The number of halogens is 1. The van der Waals surface area contributed by atoms with E-state index >= 15 is 0 Å². The molecule has 0 aliphatic rings. The molecule has 3 rings (SSSR count). The Hall–Kier alpha value is -3.72. The molecule has 0 saturated heterocycles. The molecule has 1 atom stereocenters.